The maximum absolute atomic E-state index is 12.1. The molecule has 6 heteroatoms. The minimum Gasteiger partial charge on any atom is -0.381 e. The first kappa shape index (κ1) is 15.4. The fourth-order valence-corrected chi connectivity index (χ4v) is 3.12. The summed E-state index contributed by atoms with van der Waals surface area (Å²) < 4.78 is 5.43. The van der Waals surface area contributed by atoms with E-state index in [2.05, 4.69) is 20.2 Å². The molecule has 120 valence electrons. The molecule has 1 unspecified atom stereocenters. The Morgan fingerprint density at radius 1 is 1.32 bits per heavy atom. The Morgan fingerprint density at radius 2 is 2.14 bits per heavy atom. The third-order valence-corrected chi connectivity index (χ3v) is 4.48. The number of rotatable bonds is 4. The fourth-order valence-electron chi connectivity index (χ4n) is 3.12. The second-order valence-corrected chi connectivity index (χ2v) is 6.32. The second-order valence-electron chi connectivity index (χ2n) is 6.32. The number of amides is 1. The first-order valence-corrected chi connectivity index (χ1v) is 8.10. The van der Waals surface area contributed by atoms with E-state index in [9.17, 15) is 4.79 Å². The molecule has 0 aliphatic carbocycles. The molecule has 2 saturated heterocycles. The van der Waals surface area contributed by atoms with Gasteiger partial charge in [0.25, 0.3) is 5.91 Å². The van der Waals surface area contributed by atoms with E-state index in [-0.39, 0.29) is 11.9 Å². The van der Waals surface area contributed by atoms with Crippen molar-refractivity contribution in [3.63, 3.8) is 0 Å². The Bertz CT molecular complexity index is 491. The lowest BCUT2D eigenvalue weighted by molar-refractivity contribution is 0.0898. The summed E-state index contributed by atoms with van der Waals surface area (Å²) in [4.78, 5) is 22.9. The first-order valence-electron chi connectivity index (χ1n) is 8.10. The number of hydrogen-bond donors (Lipinski definition) is 1. The Balaban J connectivity index is 1.43. The van der Waals surface area contributed by atoms with Gasteiger partial charge in [-0.05, 0) is 32.1 Å². The molecule has 3 heterocycles. The van der Waals surface area contributed by atoms with Crippen LogP contribution in [0.5, 0.6) is 0 Å². The number of likely N-dealkylation sites (tertiary alicyclic amines) is 1. The minimum absolute atomic E-state index is 0.116. The molecule has 0 saturated carbocycles. The summed E-state index contributed by atoms with van der Waals surface area (Å²) in [5, 5.41) is 3.08. The smallest absolute Gasteiger partial charge is 0.271 e. The molecule has 0 aromatic carbocycles. The van der Waals surface area contributed by atoms with Crippen molar-refractivity contribution in [3.05, 3.63) is 23.8 Å². The van der Waals surface area contributed by atoms with Crippen molar-refractivity contribution in [2.45, 2.75) is 32.2 Å². The highest BCUT2D eigenvalue weighted by Gasteiger charge is 2.25. The third-order valence-electron chi connectivity index (χ3n) is 4.48. The average molecular weight is 304 g/mol. The summed E-state index contributed by atoms with van der Waals surface area (Å²) in [6.45, 7) is 6.89. The van der Waals surface area contributed by atoms with Crippen LogP contribution >= 0.6 is 0 Å². The Labute approximate surface area is 131 Å². The zero-order valence-electron chi connectivity index (χ0n) is 13.1. The van der Waals surface area contributed by atoms with Crippen LogP contribution in [-0.4, -0.2) is 59.7 Å². The van der Waals surface area contributed by atoms with E-state index in [0.29, 0.717) is 11.6 Å². The molecule has 1 aromatic heterocycles. The predicted octanol–water partition coefficient (Wildman–Crippen LogP) is 1.02. The van der Waals surface area contributed by atoms with Gasteiger partial charge in [0.05, 0.1) is 18.5 Å². The number of nitrogens with zero attached hydrogens (tertiary/aromatic N) is 3. The van der Waals surface area contributed by atoms with Gasteiger partial charge in [0.15, 0.2) is 0 Å². The molecule has 1 atom stereocenters. The van der Waals surface area contributed by atoms with E-state index in [1.807, 2.05) is 6.92 Å². The van der Waals surface area contributed by atoms with Gasteiger partial charge in [0.2, 0.25) is 0 Å². The quantitative estimate of drug-likeness (QED) is 0.899. The van der Waals surface area contributed by atoms with Gasteiger partial charge in [0.1, 0.15) is 5.69 Å². The lowest BCUT2D eigenvalue weighted by Gasteiger charge is -2.33. The molecule has 22 heavy (non-hydrogen) atoms. The van der Waals surface area contributed by atoms with Crippen LogP contribution in [0.1, 0.15) is 35.4 Å². The maximum atomic E-state index is 12.1. The van der Waals surface area contributed by atoms with E-state index in [4.69, 9.17) is 4.74 Å². The minimum atomic E-state index is -0.116. The lowest BCUT2D eigenvalue weighted by atomic mass is 10.0. The summed E-state index contributed by atoms with van der Waals surface area (Å²) in [5.41, 5.74) is 1.22. The molecule has 0 bridgehead atoms. The lowest BCUT2D eigenvalue weighted by Crippen LogP contribution is -2.46. The number of piperidine rings is 1. The molecule has 1 N–H and O–H groups in total. The number of hydrogen-bond acceptors (Lipinski definition) is 5. The predicted molar refractivity (Wildman–Crippen MR) is 82.6 cm³/mol. The first-order chi connectivity index (χ1) is 10.7. The topological polar surface area (TPSA) is 67.4 Å². The molecular weight excluding hydrogens is 280 g/mol. The number of aryl methyl sites for hydroxylation is 1. The number of carbonyl (C=O) groups excluding carboxylic acids is 1. The van der Waals surface area contributed by atoms with E-state index < -0.39 is 0 Å². The molecular formula is C16H24N4O2. The normalized spacial score (nSPS) is 23.6. The van der Waals surface area contributed by atoms with Gasteiger partial charge in [-0.3, -0.25) is 9.78 Å². The zero-order valence-corrected chi connectivity index (χ0v) is 13.1. The van der Waals surface area contributed by atoms with Crippen LogP contribution < -0.4 is 5.32 Å². The van der Waals surface area contributed by atoms with E-state index >= 15 is 0 Å². The van der Waals surface area contributed by atoms with Crippen molar-refractivity contribution >= 4 is 5.91 Å². The van der Waals surface area contributed by atoms with Gasteiger partial charge in [-0.1, -0.05) is 0 Å². The highest BCUT2D eigenvalue weighted by atomic mass is 16.5. The number of nitrogens with one attached hydrogen (secondary N) is 1. The zero-order chi connectivity index (χ0) is 15.4. The monoisotopic (exact) mass is 304 g/mol. The maximum Gasteiger partial charge on any atom is 0.271 e. The standard InChI is InChI=1S/C16H24N4O2/c1-12-8-18-15(9-17-12)16(21)19-14-2-5-20(6-3-14)10-13-4-7-22-11-13/h8-9,13-14H,2-7,10-11H2,1H3,(H,19,21). The van der Waals surface area contributed by atoms with Crippen LogP contribution in [0.4, 0.5) is 0 Å². The molecule has 2 aliphatic heterocycles. The molecule has 2 fully saturated rings. The number of carbonyl (C=O) groups is 1. The highest BCUT2D eigenvalue weighted by molar-refractivity contribution is 5.92. The Kier molecular flexibility index (Phi) is 5.00. The van der Waals surface area contributed by atoms with Gasteiger partial charge in [-0.15, -0.1) is 0 Å². The van der Waals surface area contributed by atoms with Crippen LogP contribution in [-0.2, 0) is 4.74 Å². The van der Waals surface area contributed by atoms with Gasteiger partial charge in [-0.25, -0.2) is 4.98 Å². The highest BCUT2D eigenvalue weighted by Crippen LogP contribution is 2.17. The number of aromatic nitrogens is 2. The van der Waals surface area contributed by atoms with Crippen molar-refractivity contribution in [2.24, 2.45) is 5.92 Å². The SMILES string of the molecule is Cc1cnc(C(=O)NC2CCN(CC3CCOC3)CC2)cn1. The van der Waals surface area contributed by atoms with Gasteiger partial charge in [0, 0.05) is 38.5 Å². The second kappa shape index (κ2) is 7.15. The summed E-state index contributed by atoms with van der Waals surface area (Å²) in [5.74, 6) is 0.573. The van der Waals surface area contributed by atoms with Crippen LogP contribution in [0.25, 0.3) is 0 Å². The molecule has 2 aliphatic rings. The van der Waals surface area contributed by atoms with Crippen LogP contribution in [0, 0.1) is 12.8 Å². The van der Waals surface area contributed by atoms with E-state index in [1.54, 1.807) is 12.4 Å². The summed E-state index contributed by atoms with van der Waals surface area (Å²) in [6, 6.07) is 0.242. The largest absolute Gasteiger partial charge is 0.381 e. The van der Waals surface area contributed by atoms with E-state index in [0.717, 1.165) is 51.4 Å². The Morgan fingerprint density at radius 3 is 2.77 bits per heavy atom. The van der Waals surface area contributed by atoms with Crippen molar-refractivity contribution in [2.75, 3.05) is 32.8 Å². The molecule has 1 aromatic rings. The van der Waals surface area contributed by atoms with Crippen molar-refractivity contribution in [1.29, 1.82) is 0 Å². The summed E-state index contributed by atoms with van der Waals surface area (Å²) in [7, 11) is 0. The summed E-state index contributed by atoms with van der Waals surface area (Å²) in [6.07, 6.45) is 6.35. The van der Waals surface area contributed by atoms with Crippen LogP contribution in [0.3, 0.4) is 0 Å². The van der Waals surface area contributed by atoms with Crippen molar-refractivity contribution < 1.29 is 9.53 Å². The molecule has 0 radical (unpaired) electrons. The Hall–Kier alpha value is -1.53. The van der Waals surface area contributed by atoms with Gasteiger partial charge < -0.3 is 15.0 Å². The fraction of sp³-hybridized carbons (Fsp3) is 0.688. The van der Waals surface area contributed by atoms with Crippen LogP contribution in [0.2, 0.25) is 0 Å². The molecule has 0 spiro atoms. The molecule has 3 rings (SSSR count). The third kappa shape index (κ3) is 4.01. The van der Waals surface area contributed by atoms with Gasteiger partial charge in [-0.2, -0.15) is 0 Å². The van der Waals surface area contributed by atoms with E-state index in [1.165, 1.54) is 6.42 Å². The van der Waals surface area contributed by atoms with Crippen LogP contribution in [0.15, 0.2) is 12.4 Å². The molecule has 6 nitrogen and oxygen atoms in total. The molecule has 1 amide bonds. The van der Waals surface area contributed by atoms with Crippen molar-refractivity contribution in [1.82, 2.24) is 20.2 Å². The van der Waals surface area contributed by atoms with Gasteiger partial charge >= 0.3 is 0 Å². The number of ether oxygens (including phenoxy) is 1. The average Bonchev–Trinajstić information content (AvgIpc) is 3.03. The summed E-state index contributed by atoms with van der Waals surface area (Å²) >= 11 is 0. The van der Waals surface area contributed by atoms with Crippen molar-refractivity contribution in [3.8, 4) is 0 Å².